The Hall–Kier alpha value is -0.480. The first-order chi connectivity index (χ1) is 8.86. The standard InChI is InChI=1S/C14H27N3S/c1-3-5-6-7-8-9-13-16-17-14(18-13)10-12-15-11-4-2/h15H,3-12H2,1-2H3. The van der Waals surface area contributed by atoms with Gasteiger partial charge in [0.05, 0.1) is 0 Å². The summed E-state index contributed by atoms with van der Waals surface area (Å²) < 4.78 is 0. The van der Waals surface area contributed by atoms with Gasteiger partial charge in [0, 0.05) is 19.4 Å². The van der Waals surface area contributed by atoms with Crippen LogP contribution >= 0.6 is 11.3 Å². The summed E-state index contributed by atoms with van der Waals surface area (Å²) in [7, 11) is 0. The van der Waals surface area contributed by atoms with Crippen molar-refractivity contribution < 1.29 is 0 Å². The van der Waals surface area contributed by atoms with Crippen LogP contribution in [0.15, 0.2) is 0 Å². The quantitative estimate of drug-likeness (QED) is 0.624. The topological polar surface area (TPSA) is 37.8 Å². The van der Waals surface area contributed by atoms with Crippen LogP contribution < -0.4 is 5.32 Å². The van der Waals surface area contributed by atoms with Crippen molar-refractivity contribution in [3.05, 3.63) is 10.0 Å². The molecule has 1 N–H and O–H groups in total. The molecule has 0 aromatic carbocycles. The van der Waals surface area contributed by atoms with E-state index in [2.05, 4.69) is 29.4 Å². The Kier molecular flexibility index (Phi) is 9.04. The lowest BCUT2D eigenvalue weighted by atomic mass is 10.1. The third-order valence-electron chi connectivity index (χ3n) is 2.95. The van der Waals surface area contributed by atoms with Gasteiger partial charge in [0.1, 0.15) is 10.0 Å². The van der Waals surface area contributed by atoms with Crippen LogP contribution in [0.25, 0.3) is 0 Å². The Balaban J connectivity index is 2.10. The summed E-state index contributed by atoms with van der Waals surface area (Å²) in [6.07, 6.45) is 9.97. The summed E-state index contributed by atoms with van der Waals surface area (Å²) in [4.78, 5) is 0. The van der Waals surface area contributed by atoms with Gasteiger partial charge in [-0.1, -0.05) is 39.5 Å². The smallest absolute Gasteiger partial charge is 0.118 e. The number of rotatable bonds is 11. The van der Waals surface area contributed by atoms with Crippen LogP contribution in [-0.4, -0.2) is 23.3 Å². The largest absolute Gasteiger partial charge is 0.316 e. The van der Waals surface area contributed by atoms with Gasteiger partial charge in [-0.15, -0.1) is 21.5 Å². The molecule has 0 fully saturated rings. The maximum atomic E-state index is 4.27. The van der Waals surface area contributed by atoms with Crippen molar-refractivity contribution in [3.63, 3.8) is 0 Å². The average molecular weight is 269 g/mol. The van der Waals surface area contributed by atoms with Gasteiger partial charge in [-0.2, -0.15) is 0 Å². The molecular formula is C14H27N3S. The maximum Gasteiger partial charge on any atom is 0.118 e. The van der Waals surface area contributed by atoms with E-state index < -0.39 is 0 Å². The third-order valence-corrected chi connectivity index (χ3v) is 3.99. The Morgan fingerprint density at radius 2 is 1.56 bits per heavy atom. The molecule has 1 rings (SSSR count). The van der Waals surface area contributed by atoms with E-state index in [1.165, 1.54) is 48.5 Å². The Morgan fingerprint density at radius 1 is 0.833 bits per heavy atom. The minimum atomic E-state index is 1.02. The molecule has 0 radical (unpaired) electrons. The number of unbranched alkanes of at least 4 members (excludes halogenated alkanes) is 4. The Morgan fingerprint density at radius 3 is 2.28 bits per heavy atom. The van der Waals surface area contributed by atoms with Gasteiger partial charge < -0.3 is 5.32 Å². The van der Waals surface area contributed by atoms with E-state index in [4.69, 9.17) is 0 Å². The second-order valence-electron chi connectivity index (χ2n) is 4.75. The molecule has 0 aliphatic heterocycles. The first-order valence-electron chi connectivity index (χ1n) is 7.38. The molecule has 0 aliphatic carbocycles. The molecule has 0 bridgehead atoms. The molecule has 0 atom stereocenters. The zero-order valence-electron chi connectivity index (χ0n) is 11.9. The highest BCUT2D eigenvalue weighted by Crippen LogP contribution is 2.14. The highest BCUT2D eigenvalue weighted by molar-refractivity contribution is 7.11. The van der Waals surface area contributed by atoms with Crippen LogP contribution in [-0.2, 0) is 12.8 Å². The molecule has 0 amide bonds. The van der Waals surface area contributed by atoms with Crippen molar-refractivity contribution in [1.82, 2.24) is 15.5 Å². The normalized spacial score (nSPS) is 11.0. The lowest BCUT2D eigenvalue weighted by Gasteiger charge is -1.98. The fourth-order valence-electron chi connectivity index (χ4n) is 1.87. The van der Waals surface area contributed by atoms with Gasteiger partial charge in [-0.05, 0) is 19.4 Å². The SMILES string of the molecule is CCCCCCCc1nnc(CCNCCC)s1. The van der Waals surface area contributed by atoms with Gasteiger partial charge in [0.15, 0.2) is 0 Å². The minimum absolute atomic E-state index is 1.02. The van der Waals surface area contributed by atoms with Crippen molar-refractivity contribution in [2.45, 2.75) is 65.2 Å². The number of aryl methyl sites for hydroxylation is 1. The Labute approximate surface area is 115 Å². The summed E-state index contributed by atoms with van der Waals surface area (Å²) in [6, 6.07) is 0. The van der Waals surface area contributed by atoms with E-state index >= 15 is 0 Å². The van der Waals surface area contributed by atoms with Crippen LogP contribution in [0.4, 0.5) is 0 Å². The molecule has 18 heavy (non-hydrogen) atoms. The van der Waals surface area contributed by atoms with Gasteiger partial charge in [0.25, 0.3) is 0 Å². The van der Waals surface area contributed by atoms with Crippen molar-refractivity contribution >= 4 is 11.3 Å². The van der Waals surface area contributed by atoms with E-state index in [-0.39, 0.29) is 0 Å². The van der Waals surface area contributed by atoms with Crippen molar-refractivity contribution in [2.75, 3.05) is 13.1 Å². The van der Waals surface area contributed by atoms with E-state index in [9.17, 15) is 0 Å². The first-order valence-corrected chi connectivity index (χ1v) is 8.20. The molecular weight excluding hydrogens is 242 g/mol. The van der Waals surface area contributed by atoms with Crippen LogP contribution in [0.3, 0.4) is 0 Å². The molecule has 0 saturated heterocycles. The molecule has 1 aromatic rings. The molecule has 0 spiro atoms. The predicted octanol–water partition coefficient (Wildman–Crippen LogP) is 3.59. The van der Waals surface area contributed by atoms with Gasteiger partial charge in [0.2, 0.25) is 0 Å². The fourth-order valence-corrected chi connectivity index (χ4v) is 2.75. The van der Waals surface area contributed by atoms with E-state index in [0.717, 1.165) is 25.9 Å². The number of nitrogens with zero attached hydrogens (tertiary/aromatic N) is 2. The summed E-state index contributed by atoms with van der Waals surface area (Å²) in [5.41, 5.74) is 0. The summed E-state index contributed by atoms with van der Waals surface area (Å²) in [5.74, 6) is 0. The number of hydrogen-bond donors (Lipinski definition) is 1. The molecule has 4 heteroatoms. The molecule has 3 nitrogen and oxygen atoms in total. The number of aromatic nitrogens is 2. The van der Waals surface area contributed by atoms with Gasteiger partial charge in [-0.3, -0.25) is 0 Å². The summed E-state index contributed by atoms with van der Waals surface area (Å²) in [5, 5.41) is 14.3. The van der Waals surface area contributed by atoms with Crippen LogP contribution in [0.2, 0.25) is 0 Å². The van der Waals surface area contributed by atoms with Gasteiger partial charge >= 0.3 is 0 Å². The average Bonchev–Trinajstić information content (AvgIpc) is 2.82. The van der Waals surface area contributed by atoms with E-state index in [1.54, 1.807) is 11.3 Å². The highest BCUT2D eigenvalue weighted by Gasteiger charge is 2.03. The van der Waals surface area contributed by atoms with E-state index in [1.807, 2.05) is 0 Å². The molecule has 104 valence electrons. The van der Waals surface area contributed by atoms with Crippen molar-refractivity contribution in [2.24, 2.45) is 0 Å². The number of nitrogens with one attached hydrogen (secondary N) is 1. The molecule has 0 aliphatic rings. The monoisotopic (exact) mass is 269 g/mol. The number of hydrogen-bond acceptors (Lipinski definition) is 4. The maximum absolute atomic E-state index is 4.27. The van der Waals surface area contributed by atoms with Crippen LogP contribution in [0.5, 0.6) is 0 Å². The molecule has 0 unspecified atom stereocenters. The van der Waals surface area contributed by atoms with Gasteiger partial charge in [-0.25, -0.2) is 0 Å². The predicted molar refractivity (Wildman–Crippen MR) is 79.2 cm³/mol. The second kappa shape index (κ2) is 10.4. The molecule has 1 aromatic heterocycles. The lowest BCUT2D eigenvalue weighted by Crippen LogP contribution is -2.17. The third kappa shape index (κ3) is 7.07. The first kappa shape index (κ1) is 15.6. The molecule has 0 saturated carbocycles. The van der Waals surface area contributed by atoms with E-state index in [0.29, 0.717) is 0 Å². The highest BCUT2D eigenvalue weighted by atomic mass is 32.1. The summed E-state index contributed by atoms with van der Waals surface area (Å²) >= 11 is 1.79. The van der Waals surface area contributed by atoms with Crippen LogP contribution in [0, 0.1) is 0 Å². The van der Waals surface area contributed by atoms with Crippen molar-refractivity contribution in [1.29, 1.82) is 0 Å². The molecule has 1 heterocycles. The van der Waals surface area contributed by atoms with Crippen molar-refractivity contribution in [3.8, 4) is 0 Å². The Bertz CT molecular complexity index is 299. The van der Waals surface area contributed by atoms with Crippen LogP contribution in [0.1, 0.15) is 62.4 Å². The fraction of sp³-hybridized carbons (Fsp3) is 0.857. The zero-order valence-corrected chi connectivity index (χ0v) is 12.7. The minimum Gasteiger partial charge on any atom is -0.316 e. The zero-order chi connectivity index (χ0) is 13.1. The summed E-state index contributed by atoms with van der Waals surface area (Å²) in [6.45, 7) is 6.57. The second-order valence-corrected chi connectivity index (χ2v) is 5.90. The lowest BCUT2D eigenvalue weighted by molar-refractivity contribution is 0.629.